The van der Waals surface area contributed by atoms with E-state index >= 15 is 0 Å². The number of anilines is 3. The number of para-hydroxylation sites is 4. The molecule has 140 heavy (non-hydrogen) atoms. The van der Waals surface area contributed by atoms with Crippen LogP contribution in [0.4, 0.5) is 17.3 Å². The summed E-state index contributed by atoms with van der Waals surface area (Å²) in [5.74, 6) is 2.01. The quantitative estimate of drug-likeness (QED) is 0.147. The lowest BCUT2D eigenvalue weighted by Crippen LogP contribution is -2.31. The van der Waals surface area contributed by atoms with Crippen molar-refractivity contribution in [1.82, 2.24) is 34.5 Å². The van der Waals surface area contributed by atoms with Gasteiger partial charge in [0.15, 0.2) is 5.82 Å². The number of thiophene rings is 1. The molecule has 0 saturated carbocycles. The van der Waals surface area contributed by atoms with Gasteiger partial charge in [-0.15, -0.1) is 11.3 Å². The maximum atomic E-state index is 6.63. The molecular weight excluding hydrogens is 1730 g/mol. The number of fused-ring (bicyclic) bond motifs is 29. The molecule has 10 nitrogen and oxygen atoms in total. The van der Waals surface area contributed by atoms with Gasteiger partial charge in [-0.05, 0) is 172 Å². The number of aromatic nitrogens is 7. The van der Waals surface area contributed by atoms with Crippen LogP contribution in [0, 0.1) is 0 Å². The van der Waals surface area contributed by atoms with Gasteiger partial charge in [0, 0.05) is 96.3 Å². The van der Waals surface area contributed by atoms with Gasteiger partial charge in [-0.25, -0.2) is 29.9 Å². The lowest BCUT2D eigenvalue weighted by Gasteiger charge is -2.41. The minimum Gasteiger partial charge on any atom is -0.455 e. The average molecular weight is 1810 g/mol. The molecule has 0 N–H and O–H groups in total. The molecule has 0 unspecified atom stereocenters. The van der Waals surface area contributed by atoms with Crippen LogP contribution in [0.5, 0.6) is 0 Å². The van der Waals surface area contributed by atoms with Gasteiger partial charge >= 0.3 is 0 Å². The standard InChI is InChI=1S/C46H28N2S.C43H29N3O.C40H23N3O/c1-2-8-29(9-3-1)31-14-16-32(17-15-31)33-18-21-35(22-19-33)46-47-43(37-23-20-30-10-4-5-12-36(30)28-37)40-26-27-41-42(44(40)48-46)39-25-24-34-11-6-7-13-38(34)45(39)49-41;1-43(2)33-15-7-9-17-35(33)46(36-18-10-8-16-34(36)43)42-44-39(29-20-19-26-11-3-4-13-28(26)25-29)32-23-24-37-38(40(32)45-42)31-22-21-27-12-5-6-14-30(27)41(31)47-37;1-3-13-26-24(10-1)12-9-17-30(26)37-32-22-23-35-36(31-21-20-25-11-2-4-14-27(25)39(31)44-35)38(32)42-40(41-37)43-33-18-7-5-15-28(33)29-16-6-8-19-34(29)43/h1-28H;3-25H,1-2H3;1-23H. The lowest BCUT2D eigenvalue weighted by atomic mass is 9.74. The Hall–Kier alpha value is -18.2. The van der Waals surface area contributed by atoms with Crippen molar-refractivity contribution in [2.24, 2.45) is 0 Å². The van der Waals surface area contributed by atoms with E-state index in [0.29, 0.717) is 11.9 Å². The number of hydrogen-bond donors (Lipinski definition) is 0. The Morgan fingerprint density at radius 2 is 0.629 bits per heavy atom. The molecule has 11 heteroatoms. The first-order valence-corrected chi connectivity index (χ1v) is 48.3. The SMILES string of the molecule is CC1(C)c2ccccc2N(c2nc(-c3ccc4ccccc4c3)c3ccc4oc5c6ccccc6ccc5c4c3n2)c2ccccc21.c1ccc(-c2ccc(-c3ccc(-c4nc(-c5ccc6ccccc6c5)c5ccc6sc7c8ccccc8ccc7c6c5n4)cc3)cc2)cc1.c1ccc2c(-c3nc(-n4c5ccccc5c5ccccc54)nc4c3ccc3oc5c6ccccc6ccc5c34)cccc2c1. The normalized spacial score (nSPS) is 12.5. The van der Waals surface area contributed by atoms with Crippen LogP contribution in [-0.4, -0.2) is 34.5 Å². The van der Waals surface area contributed by atoms with Crippen LogP contribution in [0.1, 0.15) is 25.0 Å². The number of rotatable bonds is 8. The van der Waals surface area contributed by atoms with E-state index in [4.69, 9.17) is 38.7 Å². The number of benzene rings is 22. The molecule has 654 valence electrons. The molecule has 0 aliphatic carbocycles. The van der Waals surface area contributed by atoms with Crippen molar-refractivity contribution >= 4 is 212 Å². The summed E-state index contributed by atoms with van der Waals surface area (Å²) in [6.45, 7) is 4.60. The maximum absolute atomic E-state index is 6.63. The van der Waals surface area contributed by atoms with E-state index in [9.17, 15) is 0 Å². The second-order valence-corrected chi connectivity index (χ2v) is 38.0. The van der Waals surface area contributed by atoms with Gasteiger partial charge in [-0.3, -0.25) is 9.47 Å². The summed E-state index contributed by atoms with van der Waals surface area (Å²) in [6, 6.07) is 159. The zero-order valence-corrected chi connectivity index (χ0v) is 76.8. The highest BCUT2D eigenvalue weighted by Crippen LogP contribution is 2.54. The van der Waals surface area contributed by atoms with Crippen LogP contribution in [-0.2, 0) is 5.41 Å². The van der Waals surface area contributed by atoms with Crippen molar-refractivity contribution in [1.29, 1.82) is 0 Å². The summed E-state index contributed by atoms with van der Waals surface area (Å²) in [5, 5.41) is 26.1. The largest absolute Gasteiger partial charge is 0.455 e. The van der Waals surface area contributed by atoms with Crippen molar-refractivity contribution in [3.8, 4) is 73.4 Å². The second-order valence-electron chi connectivity index (χ2n) is 37.0. The predicted octanol–water partition coefficient (Wildman–Crippen LogP) is 35.2. The maximum Gasteiger partial charge on any atom is 0.235 e. The van der Waals surface area contributed by atoms with Crippen LogP contribution < -0.4 is 4.90 Å². The average Bonchev–Trinajstić information content (AvgIpc) is 1.10. The van der Waals surface area contributed by atoms with Gasteiger partial charge in [-0.2, -0.15) is 0 Å². The summed E-state index contributed by atoms with van der Waals surface area (Å²) in [4.78, 5) is 34.7. The molecule has 0 bridgehead atoms. The first kappa shape index (κ1) is 80.3. The van der Waals surface area contributed by atoms with E-state index in [1.807, 2.05) is 11.3 Å². The molecule has 1 aliphatic rings. The summed E-state index contributed by atoms with van der Waals surface area (Å²) in [5.41, 5.74) is 24.5. The van der Waals surface area contributed by atoms with Crippen LogP contribution >= 0.6 is 11.3 Å². The first-order chi connectivity index (χ1) is 69.2. The molecule has 7 aromatic heterocycles. The molecule has 0 spiro atoms. The number of hydrogen-bond acceptors (Lipinski definition) is 10. The minimum atomic E-state index is -0.184. The summed E-state index contributed by atoms with van der Waals surface area (Å²) < 4.78 is 18.0. The number of furan rings is 2. The zero-order valence-electron chi connectivity index (χ0n) is 76.0. The van der Waals surface area contributed by atoms with Crippen LogP contribution in [0.15, 0.2) is 458 Å². The highest BCUT2D eigenvalue weighted by molar-refractivity contribution is 7.27. The zero-order chi connectivity index (χ0) is 92.4. The second kappa shape index (κ2) is 32.0. The van der Waals surface area contributed by atoms with Gasteiger partial charge in [-0.1, -0.05) is 378 Å². The Morgan fingerprint density at radius 1 is 0.243 bits per heavy atom. The van der Waals surface area contributed by atoms with Crippen molar-refractivity contribution in [2.75, 3.05) is 4.90 Å². The third-order valence-electron chi connectivity index (χ3n) is 28.7. The molecule has 0 saturated heterocycles. The van der Waals surface area contributed by atoms with Gasteiger partial charge in [0.05, 0.1) is 66.8 Å². The molecular formula is C129H80N8O2S. The first-order valence-electron chi connectivity index (χ1n) is 47.5. The van der Waals surface area contributed by atoms with Crippen molar-refractivity contribution < 1.29 is 8.83 Å². The van der Waals surface area contributed by atoms with E-state index in [1.54, 1.807) is 0 Å². The Bertz CT molecular complexity index is 10100. The lowest BCUT2D eigenvalue weighted by molar-refractivity contribution is 0.631. The van der Waals surface area contributed by atoms with Gasteiger partial charge < -0.3 is 8.83 Å². The highest BCUT2D eigenvalue weighted by Gasteiger charge is 2.38. The Morgan fingerprint density at radius 3 is 1.19 bits per heavy atom. The topological polar surface area (TPSA) is 112 Å². The van der Waals surface area contributed by atoms with E-state index in [0.717, 1.165) is 177 Å². The Balaban J connectivity index is 0.000000103. The third kappa shape index (κ3) is 12.9. The van der Waals surface area contributed by atoms with Crippen molar-refractivity contribution in [3.63, 3.8) is 0 Å². The summed E-state index contributed by atoms with van der Waals surface area (Å²) in [7, 11) is 0. The predicted molar refractivity (Wildman–Crippen MR) is 585 cm³/mol. The smallest absolute Gasteiger partial charge is 0.235 e. The fraction of sp³-hybridized carbons (Fsp3) is 0.0233. The molecule has 8 heterocycles. The summed E-state index contributed by atoms with van der Waals surface area (Å²) >= 11 is 1.85. The molecule has 30 rings (SSSR count). The molecule has 22 aromatic carbocycles. The Labute approximate surface area is 806 Å². The van der Waals surface area contributed by atoms with Gasteiger partial charge in [0.1, 0.15) is 22.3 Å². The molecule has 0 fully saturated rings. The van der Waals surface area contributed by atoms with E-state index in [1.165, 1.54) is 96.5 Å². The molecule has 0 atom stereocenters. The number of nitrogens with zero attached hydrogens (tertiary/aromatic N) is 8. The van der Waals surface area contributed by atoms with Crippen molar-refractivity contribution in [2.45, 2.75) is 19.3 Å². The monoisotopic (exact) mass is 1800 g/mol. The highest BCUT2D eigenvalue weighted by atomic mass is 32.1. The third-order valence-corrected chi connectivity index (χ3v) is 29.9. The Kier molecular flexibility index (Phi) is 18.4. The van der Waals surface area contributed by atoms with E-state index < -0.39 is 0 Å². The van der Waals surface area contributed by atoms with Crippen molar-refractivity contribution in [3.05, 3.63) is 460 Å². The van der Waals surface area contributed by atoms with E-state index in [-0.39, 0.29) is 5.41 Å². The van der Waals surface area contributed by atoms with E-state index in [2.05, 4.69) is 472 Å². The van der Waals surface area contributed by atoms with Crippen LogP contribution in [0.25, 0.3) is 257 Å². The molecule has 0 radical (unpaired) electrons. The molecule has 0 amide bonds. The molecule has 1 aliphatic heterocycles. The summed E-state index contributed by atoms with van der Waals surface area (Å²) in [6.07, 6.45) is 0. The van der Waals surface area contributed by atoms with Gasteiger partial charge in [0.25, 0.3) is 0 Å². The van der Waals surface area contributed by atoms with Crippen LogP contribution in [0.3, 0.4) is 0 Å². The fourth-order valence-corrected chi connectivity index (χ4v) is 23.2. The van der Waals surface area contributed by atoms with Gasteiger partial charge in [0.2, 0.25) is 11.9 Å². The fourth-order valence-electron chi connectivity index (χ4n) is 21.9. The molecule has 29 aromatic rings. The minimum absolute atomic E-state index is 0.184. The van der Waals surface area contributed by atoms with Crippen LogP contribution in [0.2, 0.25) is 0 Å².